The number of anilines is 1. The summed E-state index contributed by atoms with van der Waals surface area (Å²) in [6.07, 6.45) is 0. The van der Waals surface area contributed by atoms with Crippen LogP contribution >= 0.6 is 23.2 Å². The fraction of sp³-hybridized carbons (Fsp3) is 0.400. The molecule has 2 aromatic rings. The zero-order valence-corrected chi connectivity index (χ0v) is 14.3. The first-order valence-corrected chi connectivity index (χ1v) is 7.50. The molecule has 0 spiro atoms. The summed E-state index contributed by atoms with van der Waals surface area (Å²) in [6, 6.07) is 5.56. The number of benzene rings is 1. The SMILES string of the molecule is Cc1nn(C)c(N(C)C)c1CNCc1ccc(Cl)cc1Cl. The van der Waals surface area contributed by atoms with Crippen molar-refractivity contribution in [1.29, 1.82) is 0 Å². The number of hydrogen-bond acceptors (Lipinski definition) is 3. The van der Waals surface area contributed by atoms with E-state index in [2.05, 4.69) is 15.3 Å². The molecule has 6 heteroatoms. The summed E-state index contributed by atoms with van der Waals surface area (Å²) < 4.78 is 1.90. The Morgan fingerprint density at radius 1 is 1.24 bits per heavy atom. The van der Waals surface area contributed by atoms with Crippen LogP contribution < -0.4 is 10.2 Å². The summed E-state index contributed by atoms with van der Waals surface area (Å²) in [4.78, 5) is 2.08. The van der Waals surface area contributed by atoms with Gasteiger partial charge in [0.15, 0.2) is 0 Å². The predicted molar refractivity (Wildman–Crippen MR) is 89.3 cm³/mol. The molecule has 0 aliphatic carbocycles. The van der Waals surface area contributed by atoms with Crippen molar-refractivity contribution in [3.05, 3.63) is 45.1 Å². The average Bonchev–Trinajstić information content (AvgIpc) is 2.66. The molecule has 4 nitrogen and oxygen atoms in total. The Morgan fingerprint density at radius 3 is 2.57 bits per heavy atom. The van der Waals surface area contributed by atoms with Crippen molar-refractivity contribution in [2.75, 3.05) is 19.0 Å². The monoisotopic (exact) mass is 326 g/mol. The van der Waals surface area contributed by atoms with E-state index in [1.54, 1.807) is 6.07 Å². The van der Waals surface area contributed by atoms with Crippen LogP contribution in [0.25, 0.3) is 0 Å². The molecule has 0 atom stereocenters. The lowest BCUT2D eigenvalue weighted by Gasteiger charge is -2.16. The first kappa shape index (κ1) is 16.1. The normalized spacial score (nSPS) is 11.0. The molecule has 0 amide bonds. The first-order valence-electron chi connectivity index (χ1n) is 6.74. The number of halogens is 2. The summed E-state index contributed by atoms with van der Waals surface area (Å²) in [5.41, 5.74) is 3.28. The number of nitrogens with zero attached hydrogens (tertiary/aromatic N) is 3. The van der Waals surface area contributed by atoms with Gasteiger partial charge in [-0.2, -0.15) is 5.10 Å². The molecule has 114 valence electrons. The molecule has 1 aromatic carbocycles. The van der Waals surface area contributed by atoms with Gasteiger partial charge in [0, 0.05) is 49.8 Å². The van der Waals surface area contributed by atoms with Gasteiger partial charge < -0.3 is 10.2 Å². The Labute approximate surface area is 135 Å². The van der Waals surface area contributed by atoms with Gasteiger partial charge in [-0.3, -0.25) is 4.68 Å². The second kappa shape index (κ2) is 6.69. The zero-order chi connectivity index (χ0) is 15.6. The summed E-state index contributed by atoms with van der Waals surface area (Å²) in [6.45, 7) is 3.46. The van der Waals surface area contributed by atoms with Crippen molar-refractivity contribution in [3.63, 3.8) is 0 Å². The summed E-state index contributed by atoms with van der Waals surface area (Å²) in [7, 11) is 6.01. The molecule has 0 saturated heterocycles. The molecule has 0 saturated carbocycles. The van der Waals surface area contributed by atoms with E-state index in [1.165, 1.54) is 5.56 Å². The predicted octanol–water partition coefficient (Wildman–Crippen LogP) is 3.39. The van der Waals surface area contributed by atoms with Crippen LogP contribution in [0.15, 0.2) is 18.2 Å². The standard InChI is InChI=1S/C15H20Cl2N4/c1-10-13(15(20(2)3)21(4)19-10)9-18-8-11-5-6-12(16)7-14(11)17/h5-7,18H,8-9H2,1-4H3. The maximum atomic E-state index is 6.18. The van der Waals surface area contributed by atoms with Gasteiger partial charge in [-0.05, 0) is 24.6 Å². The van der Waals surface area contributed by atoms with Crippen molar-refractivity contribution < 1.29 is 0 Å². The quantitative estimate of drug-likeness (QED) is 0.914. The van der Waals surface area contributed by atoms with E-state index in [-0.39, 0.29) is 0 Å². The molecular formula is C15H20Cl2N4. The molecule has 0 fully saturated rings. The third-order valence-corrected chi connectivity index (χ3v) is 3.96. The molecule has 2 rings (SSSR count). The van der Waals surface area contributed by atoms with Crippen LogP contribution in [0.5, 0.6) is 0 Å². The molecule has 1 N–H and O–H groups in total. The van der Waals surface area contributed by atoms with Crippen LogP contribution in [0.2, 0.25) is 10.0 Å². The lowest BCUT2D eigenvalue weighted by atomic mass is 10.2. The second-order valence-electron chi connectivity index (χ2n) is 5.24. The number of aryl methyl sites for hydroxylation is 2. The average molecular weight is 327 g/mol. The van der Waals surface area contributed by atoms with Gasteiger partial charge in [-0.1, -0.05) is 29.3 Å². The highest BCUT2D eigenvalue weighted by Gasteiger charge is 2.14. The Bertz CT molecular complexity index is 635. The minimum Gasteiger partial charge on any atom is -0.363 e. The van der Waals surface area contributed by atoms with Gasteiger partial charge in [-0.25, -0.2) is 0 Å². The highest BCUT2D eigenvalue weighted by atomic mass is 35.5. The summed E-state index contributed by atoms with van der Waals surface area (Å²) >= 11 is 12.1. The Balaban J connectivity index is 2.07. The Morgan fingerprint density at radius 2 is 1.95 bits per heavy atom. The van der Waals surface area contributed by atoms with Gasteiger partial charge >= 0.3 is 0 Å². The van der Waals surface area contributed by atoms with E-state index in [0.717, 1.165) is 23.6 Å². The topological polar surface area (TPSA) is 33.1 Å². The molecule has 0 aliphatic rings. The number of nitrogens with one attached hydrogen (secondary N) is 1. The molecule has 1 aromatic heterocycles. The van der Waals surface area contributed by atoms with Gasteiger partial charge in [-0.15, -0.1) is 0 Å². The third kappa shape index (κ3) is 3.70. The zero-order valence-electron chi connectivity index (χ0n) is 12.7. The van der Waals surface area contributed by atoms with Gasteiger partial charge in [0.2, 0.25) is 0 Å². The molecule has 0 unspecified atom stereocenters. The maximum Gasteiger partial charge on any atom is 0.130 e. The van der Waals surface area contributed by atoms with Crippen molar-refractivity contribution in [2.45, 2.75) is 20.0 Å². The molecule has 0 radical (unpaired) electrons. The molecule has 21 heavy (non-hydrogen) atoms. The van der Waals surface area contributed by atoms with E-state index < -0.39 is 0 Å². The smallest absolute Gasteiger partial charge is 0.130 e. The summed E-state index contributed by atoms with van der Waals surface area (Å²) in [5, 5.41) is 9.24. The van der Waals surface area contributed by atoms with Crippen molar-refractivity contribution in [3.8, 4) is 0 Å². The van der Waals surface area contributed by atoms with Gasteiger partial charge in [0.1, 0.15) is 5.82 Å². The van der Waals surface area contributed by atoms with Crippen LogP contribution in [-0.2, 0) is 20.1 Å². The molecule has 0 bridgehead atoms. The maximum absolute atomic E-state index is 6.18. The van der Waals surface area contributed by atoms with Crippen molar-refractivity contribution >= 4 is 29.0 Å². The largest absolute Gasteiger partial charge is 0.363 e. The van der Waals surface area contributed by atoms with Crippen LogP contribution in [0, 0.1) is 6.92 Å². The second-order valence-corrected chi connectivity index (χ2v) is 6.09. The van der Waals surface area contributed by atoms with E-state index in [0.29, 0.717) is 16.6 Å². The number of hydrogen-bond donors (Lipinski definition) is 1. The van der Waals surface area contributed by atoms with E-state index in [4.69, 9.17) is 23.2 Å². The third-order valence-electron chi connectivity index (χ3n) is 3.37. The Hall–Kier alpha value is -1.23. The number of aromatic nitrogens is 2. The molecule has 0 aliphatic heterocycles. The van der Waals surface area contributed by atoms with Crippen LogP contribution in [-0.4, -0.2) is 23.9 Å². The van der Waals surface area contributed by atoms with Gasteiger partial charge in [0.25, 0.3) is 0 Å². The van der Waals surface area contributed by atoms with E-state index in [1.807, 2.05) is 44.9 Å². The van der Waals surface area contributed by atoms with Crippen LogP contribution in [0.3, 0.4) is 0 Å². The van der Waals surface area contributed by atoms with E-state index >= 15 is 0 Å². The van der Waals surface area contributed by atoms with Crippen LogP contribution in [0.1, 0.15) is 16.8 Å². The Kier molecular flexibility index (Phi) is 5.14. The highest BCUT2D eigenvalue weighted by Crippen LogP contribution is 2.23. The first-order chi connectivity index (χ1) is 9.90. The summed E-state index contributed by atoms with van der Waals surface area (Å²) in [5.74, 6) is 1.11. The fourth-order valence-corrected chi connectivity index (χ4v) is 2.92. The minimum atomic E-state index is 0.654. The molecule has 1 heterocycles. The molecular weight excluding hydrogens is 307 g/mol. The van der Waals surface area contributed by atoms with Gasteiger partial charge in [0.05, 0.1) is 5.69 Å². The number of rotatable bonds is 5. The highest BCUT2D eigenvalue weighted by molar-refractivity contribution is 6.35. The van der Waals surface area contributed by atoms with Crippen molar-refractivity contribution in [1.82, 2.24) is 15.1 Å². The fourth-order valence-electron chi connectivity index (χ4n) is 2.44. The lowest BCUT2D eigenvalue weighted by molar-refractivity contribution is 0.689. The van der Waals surface area contributed by atoms with E-state index in [9.17, 15) is 0 Å². The van der Waals surface area contributed by atoms with Crippen molar-refractivity contribution in [2.24, 2.45) is 7.05 Å². The lowest BCUT2D eigenvalue weighted by Crippen LogP contribution is -2.19. The minimum absolute atomic E-state index is 0.654. The van der Waals surface area contributed by atoms with Crippen LogP contribution in [0.4, 0.5) is 5.82 Å².